The van der Waals surface area contributed by atoms with Crippen molar-refractivity contribution < 1.29 is 9.53 Å². The van der Waals surface area contributed by atoms with Crippen molar-refractivity contribution in [1.82, 2.24) is 10.2 Å². The lowest BCUT2D eigenvalue weighted by Crippen LogP contribution is -2.46. The molecule has 0 radical (unpaired) electrons. The SMILES string of the molecule is C=C(CNC1CC1)CN1CCCCC1C(=O)OCC. The van der Waals surface area contributed by atoms with E-state index < -0.39 is 0 Å². The summed E-state index contributed by atoms with van der Waals surface area (Å²) in [4.78, 5) is 14.2. The molecule has 4 nitrogen and oxygen atoms in total. The van der Waals surface area contributed by atoms with Crippen molar-refractivity contribution in [2.24, 2.45) is 0 Å². The number of carbonyl (C=O) groups excluding carboxylic acids is 1. The topological polar surface area (TPSA) is 41.6 Å². The first-order valence-electron chi connectivity index (χ1n) is 7.51. The lowest BCUT2D eigenvalue weighted by Gasteiger charge is -2.34. The number of nitrogens with one attached hydrogen (secondary N) is 1. The predicted molar refractivity (Wildman–Crippen MR) is 76.0 cm³/mol. The fourth-order valence-corrected chi connectivity index (χ4v) is 2.60. The van der Waals surface area contributed by atoms with Crippen molar-refractivity contribution in [3.63, 3.8) is 0 Å². The zero-order valence-corrected chi connectivity index (χ0v) is 12.0. The molecule has 1 saturated heterocycles. The Balaban J connectivity index is 1.80. The molecule has 2 aliphatic rings. The molecule has 0 bridgehead atoms. The van der Waals surface area contributed by atoms with Crippen LogP contribution in [0, 0.1) is 0 Å². The van der Waals surface area contributed by atoms with Gasteiger partial charge in [0.2, 0.25) is 0 Å². The van der Waals surface area contributed by atoms with Gasteiger partial charge in [0.1, 0.15) is 6.04 Å². The van der Waals surface area contributed by atoms with Crippen LogP contribution in [0.1, 0.15) is 39.0 Å². The molecule has 0 spiro atoms. The fraction of sp³-hybridized carbons (Fsp3) is 0.800. The van der Waals surface area contributed by atoms with Crippen LogP contribution < -0.4 is 5.32 Å². The van der Waals surface area contributed by atoms with E-state index in [1.807, 2.05) is 6.92 Å². The van der Waals surface area contributed by atoms with Crippen molar-refractivity contribution in [3.05, 3.63) is 12.2 Å². The van der Waals surface area contributed by atoms with Gasteiger partial charge in [-0.05, 0) is 44.7 Å². The molecule has 1 saturated carbocycles. The Hall–Kier alpha value is -0.870. The average Bonchev–Trinajstić information content (AvgIpc) is 3.21. The van der Waals surface area contributed by atoms with Gasteiger partial charge in [-0.2, -0.15) is 0 Å². The number of esters is 1. The number of likely N-dealkylation sites (tertiary alicyclic amines) is 1. The van der Waals surface area contributed by atoms with Crippen molar-refractivity contribution in [1.29, 1.82) is 0 Å². The molecule has 0 aromatic heterocycles. The second kappa shape index (κ2) is 7.06. The molecule has 1 unspecified atom stereocenters. The van der Waals surface area contributed by atoms with Crippen molar-refractivity contribution in [2.75, 3.05) is 26.2 Å². The summed E-state index contributed by atoms with van der Waals surface area (Å²) in [5, 5.41) is 3.47. The zero-order chi connectivity index (χ0) is 13.7. The Kier molecular flexibility index (Phi) is 5.40. The molecule has 1 heterocycles. The minimum atomic E-state index is -0.0647. The summed E-state index contributed by atoms with van der Waals surface area (Å²) in [6.45, 7) is 9.12. The number of nitrogens with zero attached hydrogens (tertiary/aromatic N) is 1. The summed E-state index contributed by atoms with van der Waals surface area (Å²) in [7, 11) is 0. The maximum atomic E-state index is 12.0. The van der Waals surface area contributed by atoms with Gasteiger partial charge in [-0.1, -0.05) is 13.0 Å². The van der Waals surface area contributed by atoms with E-state index in [0.29, 0.717) is 12.6 Å². The highest BCUT2D eigenvalue weighted by atomic mass is 16.5. The monoisotopic (exact) mass is 266 g/mol. The van der Waals surface area contributed by atoms with Gasteiger partial charge < -0.3 is 10.1 Å². The highest BCUT2D eigenvalue weighted by molar-refractivity contribution is 5.75. The number of hydrogen-bond donors (Lipinski definition) is 1. The number of piperidine rings is 1. The van der Waals surface area contributed by atoms with Crippen molar-refractivity contribution in [3.8, 4) is 0 Å². The van der Waals surface area contributed by atoms with Crippen LogP contribution in [0.25, 0.3) is 0 Å². The van der Waals surface area contributed by atoms with Gasteiger partial charge in [0.05, 0.1) is 6.61 Å². The van der Waals surface area contributed by atoms with Crippen molar-refractivity contribution >= 4 is 5.97 Å². The quantitative estimate of drug-likeness (QED) is 0.563. The molecule has 1 atom stereocenters. The van der Waals surface area contributed by atoms with Gasteiger partial charge >= 0.3 is 5.97 Å². The molecule has 2 fully saturated rings. The van der Waals surface area contributed by atoms with E-state index in [0.717, 1.165) is 32.5 Å². The summed E-state index contributed by atoms with van der Waals surface area (Å²) < 4.78 is 5.18. The van der Waals surface area contributed by atoms with Crippen LogP contribution in [-0.4, -0.2) is 49.2 Å². The van der Waals surface area contributed by atoms with E-state index in [1.165, 1.54) is 24.8 Å². The molecule has 2 rings (SSSR count). The molecule has 4 heteroatoms. The van der Waals surface area contributed by atoms with Gasteiger partial charge in [0, 0.05) is 19.1 Å². The summed E-state index contributed by atoms with van der Waals surface area (Å²) in [6.07, 6.45) is 5.79. The molecule has 19 heavy (non-hydrogen) atoms. The molecular weight excluding hydrogens is 240 g/mol. The highest BCUT2D eigenvalue weighted by Crippen LogP contribution is 2.21. The van der Waals surface area contributed by atoms with E-state index in [9.17, 15) is 4.79 Å². The second-order valence-electron chi connectivity index (χ2n) is 5.64. The number of rotatable bonds is 7. The summed E-state index contributed by atoms with van der Waals surface area (Å²) in [5.74, 6) is -0.0647. The largest absolute Gasteiger partial charge is 0.465 e. The molecule has 0 aromatic carbocycles. The number of hydrogen-bond acceptors (Lipinski definition) is 4. The van der Waals surface area contributed by atoms with E-state index in [-0.39, 0.29) is 12.0 Å². The Bertz CT molecular complexity index is 326. The number of ether oxygens (including phenoxy) is 1. The second-order valence-corrected chi connectivity index (χ2v) is 5.64. The lowest BCUT2D eigenvalue weighted by atomic mass is 10.0. The molecule has 0 amide bonds. The molecule has 0 aromatic rings. The predicted octanol–water partition coefficient (Wildman–Crippen LogP) is 1.71. The Morgan fingerprint density at radius 1 is 1.37 bits per heavy atom. The zero-order valence-electron chi connectivity index (χ0n) is 12.0. The Labute approximate surface area is 116 Å². The Morgan fingerprint density at radius 3 is 2.84 bits per heavy atom. The standard InChI is InChI=1S/C15H26N2O2/c1-3-19-15(18)14-6-4-5-9-17(14)11-12(2)10-16-13-7-8-13/h13-14,16H,2-11H2,1H3. The normalized spacial score (nSPS) is 24.2. The van der Waals surface area contributed by atoms with Crippen LogP contribution in [0.4, 0.5) is 0 Å². The minimum Gasteiger partial charge on any atom is -0.465 e. The summed E-state index contributed by atoms with van der Waals surface area (Å²) in [6, 6.07) is 0.644. The van der Waals surface area contributed by atoms with Gasteiger partial charge in [-0.3, -0.25) is 9.69 Å². The lowest BCUT2D eigenvalue weighted by molar-refractivity contribution is -0.150. The van der Waals surface area contributed by atoms with Crippen LogP contribution in [0.5, 0.6) is 0 Å². The third-order valence-corrected chi connectivity index (χ3v) is 3.82. The third kappa shape index (κ3) is 4.62. The van der Waals surface area contributed by atoms with Crippen molar-refractivity contribution in [2.45, 2.75) is 51.1 Å². The van der Waals surface area contributed by atoms with Gasteiger partial charge in [0.25, 0.3) is 0 Å². The first-order valence-corrected chi connectivity index (χ1v) is 7.51. The van der Waals surface area contributed by atoms with Gasteiger partial charge in [0.15, 0.2) is 0 Å². The first kappa shape index (κ1) is 14.5. The maximum absolute atomic E-state index is 12.0. The van der Waals surface area contributed by atoms with E-state index in [1.54, 1.807) is 0 Å². The van der Waals surface area contributed by atoms with Gasteiger partial charge in [-0.25, -0.2) is 0 Å². The van der Waals surface area contributed by atoms with Crippen LogP contribution in [-0.2, 0) is 9.53 Å². The maximum Gasteiger partial charge on any atom is 0.323 e. The van der Waals surface area contributed by atoms with Crippen LogP contribution in [0.3, 0.4) is 0 Å². The minimum absolute atomic E-state index is 0.0635. The highest BCUT2D eigenvalue weighted by Gasteiger charge is 2.30. The van der Waals surface area contributed by atoms with E-state index in [4.69, 9.17) is 4.74 Å². The third-order valence-electron chi connectivity index (χ3n) is 3.82. The molecule has 108 valence electrons. The Morgan fingerprint density at radius 2 is 2.16 bits per heavy atom. The average molecular weight is 266 g/mol. The molecule has 1 N–H and O–H groups in total. The molecular formula is C15H26N2O2. The smallest absolute Gasteiger partial charge is 0.323 e. The molecule has 1 aliphatic heterocycles. The summed E-state index contributed by atoms with van der Waals surface area (Å²) in [5.41, 5.74) is 1.17. The van der Waals surface area contributed by atoms with Crippen LogP contribution in [0.2, 0.25) is 0 Å². The van der Waals surface area contributed by atoms with Crippen LogP contribution in [0.15, 0.2) is 12.2 Å². The number of carbonyl (C=O) groups is 1. The fourth-order valence-electron chi connectivity index (χ4n) is 2.60. The van der Waals surface area contributed by atoms with Gasteiger partial charge in [-0.15, -0.1) is 0 Å². The van der Waals surface area contributed by atoms with E-state index in [2.05, 4.69) is 16.8 Å². The first-order chi connectivity index (χ1) is 9.20. The summed E-state index contributed by atoms with van der Waals surface area (Å²) >= 11 is 0. The van der Waals surface area contributed by atoms with Crippen LogP contribution >= 0.6 is 0 Å². The molecule has 1 aliphatic carbocycles. The van der Waals surface area contributed by atoms with E-state index >= 15 is 0 Å².